The first-order valence-corrected chi connectivity index (χ1v) is 8.21. The standard InChI is InChI=1S/C13H27.C6H6.Na/c1-3-5-7-9-11-13-12-10-8-6-4-2;1-2-4-6-5-3-1;/h1,3-13H2,2H3;1-6H;/q-1;;+1. The fourth-order valence-corrected chi connectivity index (χ4v) is 2.05. The summed E-state index contributed by atoms with van der Waals surface area (Å²) in [5, 5.41) is 0. The predicted molar refractivity (Wildman–Crippen MR) is 88.3 cm³/mol. The summed E-state index contributed by atoms with van der Waals surface area (Å²) in [5.74, 6) is 0. The summed E-state index contributed by atoms with van der Waals surface area (Å²) < 4.78 is 0. The smallest absolute Gasteiger partial charge is 0.343 e. The molecular formula is C19H33Na. The van der Waals surface area contributed by atoms with Gasteiger partial charge in [0, 0.05) is 0 Å². The molecule has 0 fully saturated rings. The molecule has 1 aromatic rings. The van der Waals surface area contributed by atoms with E-state index in [-0.39, 0.29) is 29.6 Å². The maximum Gasteiger partial charge on any atom is 1.00 e. The molecule has 1 rings (SSSR count). The molecule has 0 aliphatic heterocycles. The molecule has 0 radical (unpaired) electrons. The van der Waals surface area contributed by atoms with Crippen LogP contribution < -0.4 is 29.6 Å². The van der Waals surface area contributed by atoms with Crippen molar-refractivity contribution in [2.75, 3.05) is 0 Å². The molecular weight excluding hydrogens is 251 g/mol. The van der Waals surface area contributed by atoms with Crippen LogP contribution in [0.1, 0.15) is 77.6 Å². The van der Waals surface area contributed by atoms with Crippen molar-refractivity contribution in [1.82, 2.24) is 0 Å². The minimum Gasteiger partial charge on any atom is -0.343 e. The summed E-state index contributed by atoms with van der Waals surface area (Å²) in [6, 6.07) is 12.0. The van der Waals surface area contributed by atoms with Crippen molar-refractivity contribution in [3.05, 3.63) is 43.3 Å². The van der Waals surface area contributed by atoms with Crippen molar-refractivity contribution in [3.63, 3.8) is 0 Å². The normalized spacial score (nSPS) is 9.30. The van der Waals surface area contributed by atoms with Crippen LogP contribution in [0.2, 0.25) is 0 Å². The van der Waals surface area contributed by atoms with Crippen LogP contribution >= 0.6 is 0 Å². The molecule has 0 saturated heterocycles. The van der Waals surface area contributed by atoms with E-state index in [1.54, 1.807) is 0 Å². The molecule has 0 aliphatic rings. The van der Waals surface area contributed by atoms with E-state index in [1.807, 2.05) is 36.4 Å². The molecule has 1 heteroatoms. The molecule has 110 valence electrons. The number of hydrogen-bond acceptors (Lipinski definition) is 0. The van der Waals surface area contributed by atoms with Gasteiger partial charge in [0.05, 0.1) is 0 Å². The van der Waals surface area contributed by atoms with E-state index in [4.69, 9.17) is 0 Å². The Morgan fingerprint density at radius 2 is 0.850 bits per heavy atom. The van der Waals surface area contributed by atoms with Crippen molar-refractivity contribution < 1.29 is 29.6 Å². The molecule has 0 N–H and O–H groups in total. The van der Waals surface area contributed by atoms with Crippen LogP contribution in [0.3, 0.4) is 0 Å². The Balaban J connectivity index is 0. The maximum absolute atomic E-state index is 3.85. The van der Waals surface area contributed by atoms with Crippen LogP contribution in [0.15, 0.2) is 36.4 Å². The van der Waals surface area contributed by atoms with E-state index >= 15 is 0 Å². The molecule has 0 amide bonds. The number of rotatable bonds is 10. The van der Waals surface area contributed by atoms with Gasteiger partial charge in [0.1, 0.15) is 0 Å². The molecule has 0 spiro atoms. The fourth-order valence-electron chi connectivity index (χ4n) is 2.05. The van der Waals surface area contributed by atoms with Crippen LogP contribution in [0.4, 0.5) is 0 Å². The Kier molecular flexibility index (Phi) is 24.2. The van der Waals surface area contributed by atoms with Gasteiger partial charge in [0.15, 0.2) is 0 Å². The average molecular weight is 284 g/mol. The van der Waals surface area contributed by atoms with Crippen LogP contribution in [-0.2, 0) is 0 Å². The second-order valence-electron chi connectivity index (χ2n) is 5.19. The van der Waals surface area contributed by atoms with E-state index in [0.29, 0.717) is 0 Å². The van der Waals surface area contributed by atoms with E-state index < -0.39 is 0 Å². The van der Waals surface area contributed by atoms with E-state index in [1.165, 1.54) is 64.2 Å². The summed E-state index contributed by atoms with van der Waals surface area (Å²) in [4.78, 5) is 0. The summed E-state index contributed by atoms with van der Waals surface area (Å²) in [7, 11) is 0. The van der Waals surface area contributed by atoms with Gasteiger partial charge in [0.2, 0.25) is 0 Å². The molecule has 0 atom stereocenters. The van der Waals surface area contributed by atoms with Gasteiger partial charge >= 0.3 is 29.6 Å². The van der Waals surface area contributed by atoms with Crippen molar-refractivity contribution in [3.8, 4) is 0 Å². The zero-order valence-electron chi connectivity index (χ0n) is 13.9. The number of unbranched alkanes of at least 4 members (excludes halogenated alkanes) is 10. The Morgan fingerprint density at radius 1 is 0.550 bits per heavy atom. The fraction of sp³-hybridized carbons (Fsp3) is 0.632. The van der Waals surface area contributed by atoms with Crippen molar-refractivity contribution in [1.29, 1.82) is 0 Å². The van der Waals surface area contributed by atoms with Crippen LogP contribution in [-0.4, -0.2) is 0 Å². The molecule has 0 aliphatic carbocycles. The maximum atomic E-state index is 3.85. The molecule has 0 heterocycles. The van der Waals surface area contributed by atoms with Gasteiger partial charge in [0.25, 0.3) is 0 Å². The first kappa shape index (κ1) is 22.5. The first-order valence-electron chi connectivity index (χ1n) is 8.21. The quantitative estimate of drug-likeness (QED) is 0.348. The average Bonchev–Trinajstić information content (AvgIpc) is 2.48. The zero-order valence-corrected chi connectivity index (χ0v) is 15.9. The monoisotopic (exact) mass is 284 g/mol. The van der Waals surface area contributed by atoms with Gasteiger partial charge < -0.3 is 6.92 Å². The Bertz CT molecular complexity index is 196. The van der Waals surface area contributed by atoms with E-state index in [9.17, 15) is 0 Å². The third-order valence-corrected chi connectivity index (χ3v) is 3.27. The molecule has 0 saturated carbocycles. The third-order valence-electron chi connectivity index (χ3n) is 3.27. The summed E-state index contributed by atoms with van der Waals surface area (Å²) >= 11 is 0. The summed E-state index contributed by atoms with van der Waals surface area (Å²) in [5.41, 5.74) is 0. The van der Waals surface area contributed by atoms with Crippen LogP contribution in [0.25, 0.3) is 0 Å². The Hall–Kier alpha value is 0.220. The van der Waals surface area contributed by atoms with Crippen LogP contribution in [0.5, 0.6) is 0 Å². The molecule has 0 bridgehead atoms. The third kappa shape index (κ3) is 20.5. The largest absolute Gasteiger partial charge is 1.00 e. The van der Waals surface area contributed by atoms with Crippen molar-refractivity contribution in [2.24, 2.45) is 0 Å². The Labute approximate surface area is 150 Å². The SMILES string of the molecule is [CH2-]CCCCCCCCCCCC.[Na+].c1ccccc1. The Morgan fingerprint density at radius 3 is 1.15 bits per heavy atom. The predicted octanol–water partition coefficient (Wildman–Crippen LogP) is 3.82. The molecule has 1 aromatic carbocycles. The van der Waals surface area contributed by atoms with Crippen LogP contribution in [0, 0.1) is 6.92 Å². The van der Waals surface area contributed by atoms with Gasteiger partial charge in [-0.1, -0.05) is 108 Å². The number of benzene rings is 1. The second-order valence-corrected chi connectivity index (χ2v) is 5.19. The summed E-state index contributed by atoms with van der Waals surface area (Å²) in [6.07, 6.45) is 15.4. The van der Waals surface area contributed by atoms with Gasteiger partial charge in [-0.2, -0.15) is 6.42 Å². The second kappa shape index (κ2) is 21.5. The van der Waals surface area contributed by atoms with Gasteiger partial charge in [-0.3, -0.25) is 0 Å². The molecule has 0 aromatic heterocycles. The van der Waals surface area contributed by atoms with Gasteiger partial charge in [-0.05, 0) is 0 Å². The van der Waals surface area contributed by atoms with E-state index in [0.717, 1.165) is 6.42 Å². The van der Waals surface area contributed by atoms with E-state index in [2.05, 4.69) is 13.8 Å². The first-order chi connectivity index (χ1) is 9.41. The van der Waals surface area contributed by atoms with Crippen molar-refractivity contribution >= 4 is 0 Å². The molecule has 0 nitrogen and oxygen atoms in total. The molecule has 0 unspecified atom stereocenters. The van der Waals surface area contributed by atoms with Gasteiger partial charge in [-0.15, -0.1) is 0 Å². The number of hydrogen-bond donors (Lipinski definition) is 0. The van der Waals surface area contributed by atoms with Gasteiger partial charge in [-0.25, -0.2) is 0 Å². The zero-order chi connectivity index (χ0) is 14.0. The molecule has 20 heavy (non-hydrogen) atoms. The summed E-state index contributed by atoms with van der Waals surface area (Å²) in [6.45, 7) is 6.13. The minimum absolute atomic E-state index is 0. The van der Waals surface area contributed by atoms with Crippen molar-refractivity contribution in [2.45, 2.75) is 77.6 Å². The topological polar surface area (TPSA) is 0 Å². The minimum atomic E-state index is 0.